The van der Waals surface area contributed by atoms with Crippen LogP contribution >= 0.6 is 15.9 Å². The molecule has 1 atom stereocenters. The lowest BCUT2D eigenvalue weighted by Crippen LogP contribution is -2.38. The van der Waals surface area contributed by atoms with Gasteiger partial charge in [-0.25, -0.2) is 0 Å². The van der Waals surface area contributed by atoms with Crippen LogP contribution < -0.4 is 0 Å². The number of ether oxygens (including phenoxy) is 1. The first-order valence-electron chi connectivity index (χ1n) is 5.22. The highest BCUT2D eigenvalue weighted by molar-refractivity contribution is 9.10. The Labute approximate surface area is 97.5 Å². The number of hydrogen-bond acceptors (Lipinski definition) is 2. The van der Waals surface area contributed by atoms with Gasteiger partial charge in [-0.2, -0.15) is 0 Å². The number of fused-ring (bicyclic) bond motifs is 1. The third-order valence-corrected chi connectivity index (χ3v) is 4.06. The molecule has 3 rings (SSSR count). The molecule has 1 unspecified atom stereocenters. The molecule has 0 radical (unpaired) electrons. The second-order valence-electron chi connectivity index (χ2n) is 4.30. The second-order valence-corrected chi connectivity index (χ2v) is 5.16. The van der Waals surface area contributed by atoms with E-state index >= 15 is 0 Å². The van der Waals surface area contributed by atoms with Crippen LogP contribution in [0.5, 0.6) is 0 Å². The van der Waals surface area contributed by atoms with Gasteiger partial charge in [-0.1, -0.05) is 28.1 Å². The van der Waals surface area contributed by atoms with E-state index < -0.39 is 0 Å². The highest BCUT2D eigenvalue weighted by Gasteiger charge is 2.38. The minimum absolute atomic E-state index is 0.0339. The highest BCUT2D eigenvalue weighted by Crippen LogP contribution is 2.36. The summed E-state index contributed by atoms with van der Waals surface area (Å²) in [6.45, 7) is 0.818. The lowest BCUT2D eigenvalue weighted by atomic mass is 9.80. The summed E-state index contributed by atoms with van der Waals surface area (Å²) in [5.74, 6) is 0. The number of halogens is 1. The zero-order valence-corrected chi connectivity index (χ0v) is 9.96. The van der Waals surface area contributed by atoms with Crippen molar-refractivity contribution in [2.45, 2.75) is 24.9 Å². The molecule has 1 aliphatic heterocycles. The monoisotopic (exact) mass is 265 g/mol. The number of benzene rings is 1. The van der Waals surface area contributed by atoms with Gasteiger partial charge in [-0.15, -0.1) is 0 Å². The maximum absolute atomic E-state index is 5.67. The summed E-state index contributed by atoms with van der Waals surface area (Å²) in [5, 5.41) is 0. The summed E-state index contributed by atoms with van der Waals surface area (Å²) in [6, 6.07) is 6.41. The maximum atomic E-state index is 5.67. The van der Waals surface area contributed by atoms with Crippen molar-refractivity contribution < 1.29 is 4.74 Å². The Morgan fingerprint density at radius 2 is 2.33 bits per heavy atom. The zero-order chi connectivity index (χ0) is 10.3. The molecule has 0 aromatic heterocycles. The standard InChI is InChI=1S/C12H12BrNO/c13-11-3-1-2-9-6-12(5-4-10(9)11)7-14-8-15-12/h1-3,8H,4-7H2. The topological polar surface area (TPSA) is 21.6 Å². The van der Waals surface area contributed by atoms with Crippen LogP contribution in [0.2, 0.25) is 0 Å². The third-order valence-electron chi connectivity index (χ3n) is 3.32. The van der Waals surface area contributed by atoms with E-state index in [1.807, 2.05) is 0 Å². The van der Waals surface area contributed by atoms with Crippen LogP contribution in [0.4, 0.5) is 0 Å². The van der Waals surface area contributed by atoms with Gasteiger partial charge in [-0.05, 0) is 30.0 Å². The molecule has 0 saturated carbocycles. The molecule has 0 fully saturated rings. The van der Waals surface area contributed by atoms with Crippen molar-refractivity contribution in [2.75, 3.05) is 6.54 Å². The van der Waals surface area contributed by atoms with Crippen molar-refractivity contribution in [2.24, 2.45) is 4.99 Å². The summed E-state index contributed by atoms with van der Waals surface area (Å²) in [4.78, 5) is 4.20. The number of aliphatic imine (C=N–C) groups is 1. The van der Waals surface area contributed by atoms with E-state index in [2.05, 4.69) is 39.1 Å². The third kappa shape index (κ3) is 1.49. The Bertz CT molecular complexity index is 420. The molecule has 15 heavy (non-hydrogen) atoms. The van der Waals surface area contributed by atoms with E-state index in [1.165, 1.54) is 15.6 Å². The van der Waals surface area contributed by atoms with Gasteiger partial charge in [0.15, 0.2) is 6.40 Å². The first-order valence-corrected chi connectivity index (χ1v) is 6.01. The minimum Gasteiger partial charge on any atom is -0.475 e. The fourth-order valence-electron chi connectivity index (χ4n) is 2.46. The molecule has 1 aromatic carbocycles. The van der Waals surface area contributed by atoms with Crippen LogP contribution in [0.1, 0.15) is 17.5 Å². The number of hydrogen-bond donors (Lipinski definition) is 0. The average Bonchev–Trinajstić information content (AvgIpc) is 2.66. The molecule has 1 heterocycles. The Balaban J connectivity index is 1.97. The van der Waals surface area contributed by atoms with Crippen molar-refractivity contribution in [3.63, 3.8) is 0 Å². The van der Waals surface area contributed by atoms with Crippen molar-refractivity contribution in [1.82, 2.24) is 0 Å². The molecule has 78 valence electrons. The lowest BCUT2D eigenvalue weighted by Gasteiger charge is -2.33. The predicted octanol–water partition coefficient (Wildman–Crippen LogP) is 2.74. The van der Waals surface area contributed by atoms with Gasteiger partial charge in [0.25, 0.3) is 0 Å². The summed E-state index contributed by atoms with van der Waals surface area (Å²) < 4.78 is 6.90. The van der Waals surface area contributed by atoms with Gasteiger partial charge in [0.05, 0.1) is 6.54 Å². The van der Waals surface area contributed by atoms with Crippen molar-refractivity contribution in [3.8, 4) is 0 Å². The minimum atomic E-state index is -0.0339. The molecule has 0 N–H and O–H groups in total. The fourth-order valence-corrected chi connectivity index (χ4v) is 3.07. The van der Waals surface area contributed by atoms with E-state index in [9.17, 15) is 0 Å². The van der Waals surface area contributed by atoms with Gasteiger partial charge in [0.1, 0.15) is 5.60 Å². The Morgan fingerprint density at radius 1 is 1.40 bits per heavy atom. The van der Waals surface area contributed by atoms with E-state index in [-0.39, 0.29) is 5.60 Å². The molecule has 3 heteroatoms. The Morgan fingerprint density at radius 3 is 3.13 bits per heavy atom. The molecule has 2 aliphatic rings. The van der Waals surface area contributed by atoms with E-state index in [0.29, 0.717) is 0 Å². The summed E-state index contributed by atoms with van der Waals surface area (Å²) in [7, 11) is 0. The first kappa shape index (κ1) is 9.40. The second kappa shape index (κ2) is 3.34. The maximum Gasteiger partial charge on any atom is 0.170 e. The molecule has 1 aromatic rings. The normalized spacial score (nSPS) is 27.8. The van der Waals surface area contributed by atoms with Crippen molar-refractivity contribution in [3.05, 3.63) is 33.8 Å². The van der Waals surface area contributed by atoms with Crippen LogP contribution in [0.15, 0.2) is 27.7 Å². The summed E-state index contributed by atoms with van der Waals surface area (Å²) in [6.07, 6.45) is 4.76. The smallest absolute Gasteiger partial charge is 0.170 e. The predicted molar refractivity (Wildman–Crippen MR) is 63.3 cm³/mol. The molecule has 1 aliphatic carbocycles. The van der Waals surface area contributed by atoms with Crippen LogP contribution in [0.3, 0.4) is 0 Å². The lowest BCUT2D eigenvalue weighted by molar-refractivity contribution is 0.0783. The largest absolute Gasteiger partial charge is 0.475 e. The molecule has 2 nitrogen and oxygen atoms in total. The Kier molecular flexibility index (Phi) is 2.09. The molecular weight excluding hydrogens is 254 g/mol. The van der Waals surface area contributed by atoms with E-state index in [0.717, 1.165) is 25.8 Å². The highest BCUT2D eigenvalue weighted by atomic mass is 79.9. The zero-order valence-electron chi connectivity index (χ0n) is 8.37. The van der Waals surface area contributed by atoms with Gasteiger partial charge < -0.3 is 4.74 Å². The quantitative estimate of drug-likeness (QED) is 0.707. The number of nitrogens with zero attached hydrogens (tertiary/aromatic N) is 1. The van der Waals surface area contributed by atoms with E-state index in [1.54, 1.807) is 6.40 Å². The van der Waals surface area contributed by atoms with E-state index in [4.69, 9.17) is 4.74 Å². The van der Waals surface area contributed by atoms with Gasteiger partial charge in [-0.3, -0.25) is 4.99 Å². The van der Waals surface area contributed by atoms with Crippen molar-refractivity contribution in [1.29, 1.82) is 0 Å². The molecule has 1 spiro atoms. The van der Waals surface area contributed by atoms with Gasteiger partial charge in [0, 0.05) is 10.9 Å². The van der Waals surface area contributed by atoms with Crippen LogP contribution in [-0.2, 0) is 17.6 Å². The molecule has 0 amide bonds. The van der Waals surface area contributed by atoms with Gasteiger partial charge in [0.2, 0.25) is 0 Å². The molecule has 0 saturated heterocycles. The van der Waals surface area contributed by atoms with Crippen LogP contribution in [0, 0.1) is 0 Å². The van der Waals surface area contributed by atoms with Crippen LogP contribution in [0.25, 0.3) is 0 Å². The number of rotatable bonds is 0. The van der Waals surface area contributed by atoms with Crippen LogP contribution in [-0.4, -0.2) is 18.5 Å². The summed E-state index contributed by atoms with van der Waals surface area (Å²) >= 11 is 3.61. The SMILES string of the molecule is Brc1cccc2c1CCC1(CN=CO1)C2. The molecule has 0 bridgehead atoms. The molecular formula is C12H12BrNO. The van der Waals surface area contributed by atoms with Gasteiger partial charge >= 0.3 is 0 Å². The fraction of sp³-hybridized carbons (Fsp3) is 0.417. The van der Waals surface area contributed by atoms with Crippen molar-refractivity contribution >= 4 is 22.3 Å². The average molecular weight is 266 g/mol. The summed E-state index contributed by atoms with van der Waals surface area (Å²) in [5.41, 5.74) is 2.81. The Hall–Kier alpha value is -0.830. The first-order chi connectivity index (χ1) is 7.29.